The summed E-state index contributed by atoms with van der Waals surface area (Å²) < 4.78 is 6.07. The van der Waals surface area contributed by atoms with Gasteiger partial charge in [-0.2, -0.15) is 0 Å². The lowest BCUT2D eigenvalue weighted by Crippen LogP contribution is -2.37. The Morgan fingerprint density at radius 2 is 1.81 bits per heavy atom. The molecule has 0 fully saturated rings. The summed E-state index contributed by atoms with van der Waals surface area (Å²) in [5.41, 5.74) is 0.591. The van der Waals surface area contributed by atoms with Gasteiger partial charge in [-0.05, 0) is 43.7 Å². The van der Waals surface area contributed by atoms with E-state index in [1.807, 2.05) is 10.8 Å². The molecule has 0 aromatic heterocycles. The fourth-order valence-electron chi connectivity index (χ4n) is 2.74. The van der Waals surface area contributed by atoms with Crippen LogP contribution in [0.2, 0.25) is 0 Å². The molecular formula is C19H19NO4S2. The van der Waals surface area contributed by atoms with Crippen molar-refractivity contribution in [1.29, 1.82) is 0 Å². The number of nitrogens with zero attached hydrogens (tertiary/aromatic N) is 1. The van der Waals surface area contributed by atoms with Crippen LogP contribution in [0.1, 0.15) is 31.1 Å². The molecule has 0 aliphatic carbocycles. The van der Waals surface area contributed by atoms with Crippen LogP contribution >= 0.6 is 23.5 Å². The van der Waals surface area contributed by atoms with Crippen molar-refractivity contribution in [3.05, 3.63) is 50.5 Å². The second-order valence-electron chi connectivity index (χ2n) is 6.88. The van der Waals surface area contributed by atoms with Gasteiger partial charge in [0.15, 0.2) is 11.6 Å². The minimum absolute atomic E-state index is 0.0397. The first-order valence-corrected chi connectivity index (χ1v) is 9.88. The zero-order valence-corrected chi connectivity index (χ0v) is 16.4. The van der Waals surface area contributed by atoms with Crippen LogP contribution < -0.4 is 4.90 Å². The molecule has 26 heavy (non-hydrogen) atoms. The maximum atomic E-state index is 13.0. The van der Waals surface area contributed by atoms with Gasteiger partial charge in [0, 0.05) is 11.3 Å². The fourth-order valence-corrected chi connectivity index (χ4v) is 4.64. The topological polar surface area (TPSA) is 63.7 Å². The highest BCUT2D eigenvalue weighted by Crippen LogP contribution is 2.42. The van der Waals surface area contributed by atoms with Crippen LogP contribution in [0.3, 0.4) is 0 Å². The van der Waals surface area contributed by atoms with Crippen molar-refractivity contribution in [2.75, 3.05) is 18.0 Å². The van der Waals surface area contributed by atoms with Crippen molar-refractivity contribution in [1.82, 2.24) is 0 Å². The van der Waals surface area contributed by atoms with E-state index in [1.54, 1.807) is 49.9 Å². The van der Waals surface area contributed by atoms with Crippen LogP contribution in [-0.2, 0) is 14.3 Å². The van der Waals surface area contributed by atoms with E-state index in [4.69, 9.17) is 4.74 Å². The largest absolute Gasteiger partial charge is 0.459 e. The maximum Gasteiger partial charge on any atom is 0.326 e. The second kappa shape index (κ2) is 7.32. The third-order valence-corrected chi connectivity index (χ3v) is 5.81. The molecule has 0 bridgehead atoms. The number of ether oxygens (including phenoxy) is 1. The molecule has 0 N–H and O–H groups in total. The third kappa shape index (κ3) is 4.04. The minimum Gasteiger partial charge on any atom is -0.459 e. The van der Waals surface area contributed by atoms with Crippen molar-refractivity contribution >= 4 is 46.7 Å². The molecule has 3 rings (SSSR count). The van der Waals surface area contributed by atoms with Gasteiger partial charge in [0.1, 0.15) is 12.1 Å². The number of benzene rings is 1. The molecule has 5 nitrogen and oxygen atoms in total. The molecule has 0 radical (unpaired) electrons. The van der Waals surface area contributed by atoms with Gasteiger partial charge in [0.05, 0.1) is 16.4 Å². The van der Waals surface area contributed by atoms with E-state index in [0.717, 1.165) is 0 Å². The quantitative estimate of drug-likeness (QED) is 0.433. The van der Waals surface area contributed by atoms with Crippen LogP contribution in [0.25, 0.3) is 0 Å². The van der Waals surface area contributed by atoms with Crippen molar-refractivity contribution < 1.29 is 19.1 Å². The van der Waals surface area contributed by atoms with Crippen LogP contribution in [0.5, 0.6) is 0 Å². The molecule has 0 atom stereocenters. The number of esters is 1. The van der Waals surface area contributed by atoms with Gasteiger partial charge in [-0.15, -0.1) is 0 Å². The summed E-state index contributed by atoms with van der Waals surface area (Å²) in [4.78, 5) is 39.8. The monoisotopic (exact) mass is 389 g/mol. The Morgan fingerprint density at radius 3 is 2.46 bits per heavy atom. The van der Waals surface area contributed by atoms with E-state index >= 15 is 0 Å². The number of Topliss-reactive ketones (excluding diaryl/α,β-unsaturated/α-hetero) is 2. The Morgan fingerprint density at radius 1 is 1.15 bits per heavy atom. The van der Waals surface area contributed by atoms with E-state index in [0.29, 0.717) is 15.5 Å². The number of fused-ring (bicyclic) bond motifs is 1. The molecule has 0 saturated carbocycles. The molecule has 0 unspecified atom stereocenters. The Labute approximate surface area is 160 Å². The Hall–Kier alpha value is -1.99. The fraction of sp³-hybridized carbons (Fsp3) is 0.316. The number of para-hydroxylation sites is 1. The van der Waals surface area contributed by atoms with E-state index in [1.165, 1.54) is 23.5 Å². The van der Waals surface area contributed by atoms with Crippen LogP contribution in [0, 0.1) is 0 Å². The standard InChI is InChI=1S/C19H19NO4S2/c1-19(2,3)24-15(22)11-20-10-14(21)16(18-25-8-9-26-18)17(23)12-6-4-5-7-13(12)20/h4-9H,10-11H2,1-3H3. The first kappa shape index (κ1) is 18.8. The molecule has 0 spiro atoms. The highest BCUT2D eigenvalue weighted by atomic mass is 32.2. The van der Waals surface area contributed by atoms with Crippen molar-refractivity contribution in [2.24, 2.45) is 0 Å². The highest BCUT2D eigenvalue weighted by molar-refractivity contribution is 8.27. The van der Waals surface area contributed by atoms with Gasteiger partial charge in [0.2, 0.25) is 0 Å². The van der Waals surface area contributed by atoms with Gasteiger partial charge in [-0.25, -0.2) is 0 Å². The lowest BCUT2D eigenvalue weighted by atomic mass is 10.0. The highest BCUT2D eigenvalue weighted by Gasteiger charge is 2.34. The molecule has 1 aromatic carbocycles. The molecule has 136 valence electrons. The Bertz CT molecular complexity index is 826. The first-order valence-electron chi connectivity index (χ1n) is 8.12. The van der Waals surface area contributed by atoms with Gasteiger partial charge < -0.3 is 9.64 Å². The number of hydrogen-bond acceptors (Lipinski definition) is 7. The summed E-state index contributed by atoms with van der Waals surface area (Å²) in [5, 5.41) is 3.70. The first-order chi connectivity index (χ1) is 12.3. The predicted molar refractivity (Wildman–Crippen MR) is 105 cm³/mol. The van der Waals surface area contributed by atoms with Gasteiger partial charge >= 0.3 is 5.97 Å². The molecule has 1 aromatic rings. The third-order valence-electron chi connectivity index (χ3n) is 3.68. The average Bonchev–Trinajstić information content (AvgIpc) is 3.03. The summed E-state index contributed by atoms with van der Waals surface area (Å²) in [5.74, 6) is -1.01. The summed E-state index contributed by atoms with van der Waals surface area (Å²) in [6.45, 7) is 5.25. The van der Waals surface area contributed by atoms with E-state index < -0.39 is 11.6 Å². The Kier molecular flexibility index (Phi) is 5.29. The summed E-state index contributed by atoms with van der Waals surface area (Å²) in [6, 6.07) is 6.99. The average molecular weight is 389 g/mol. The number of carbonyl (C=O) groups excluding carboxylic acids is 3. The molecular weight excluding hydrogens is 370 g/mol. The van der Waals surface area contributed by atoms with E-state index in [2.05, 4.69) is 0 Å². The lowest BCUT2D eigenvalue weighted by Gasteiger charge is -2.25. The Balaban J connectivity index is 1.97. The number of hydrogen-bond donors (Lipinski definition) is 0. The molecule has 2 aliphatic heterocycles. The molecule has 2 aliphatic rings. The summed E-state index contributed by atoms with van der Waals surface area (Å²) in [6.07, 6.45) is 0. The number of anilines is 1. The SMILES string of the molecule is CC(C)(C)OC(=O)CN1CC(=O)C(=C2SC=CS2)C(=O)c2ccccc21. The maximum absolute atomic E-state index is 13.0. The second-order valence-corrected chi connectivity index (χ2v) is 8.97. The number of rotatable bonds is 2. The molecule has 0 saturated heterocycles. The molecule has 7 heteroatoms. The summed E-state index contributed by atoms with van der Waals surface area (Å²) >= 11 is 2.75. The van der Waals surface area contributed by atoms with Gasteiger partial charge in [-0.1, -0.05) is 35.7 Å². The minimum atomic E-state index is -0.613. The van der Waals surface area contributed by atoms with Crippen molar-refractivity contribution in [3.8, 4) is 0 Å². The number of ketones is 2. The number of carbonyl (C=O) groups is 3. The zero-order valence-electron chi connectivity index (χ0n) is 14.8. The van der Waals surface area contributed by atoms with E-state index in [9.17, 15) is 14.4 Å². The number of thioether (sulfide) groups is 2. The molecule has 0 amide bonds. The zero-order chi connectivity index (χ0) is 18.9. The predicted octanol–water partition coefficient (Wildman–Crippen LogP) is 3.76. The van der Waals surface area contributed by atoms with Gasteiger partial charge in [-0.3, -0.25) is 14.4 Å². The van der Waals surface area contributed by atoms with Crippen LogP contribution in [-0.4, -0.2) is 36.2 Å². The van der Waals surface area contributed by atoms with Crippen molar-refractivity contribution in [2.45, 2.75) is 26.4 Å². The lowest BCUT2D eigenvalue weighted by molar-refractivity contribution is -0.152. The van der Waals surface area contributed by atoms with E-state index in [-0.39, 0.29) is 30.2 Å². The van der Waals surface area contributed by atoms with Crippen molar-refractivity contribution in [3.63, 3.8) is 0 Å². The van der Waals surface area contributed by atoms with Crippen LogP contribution in [0.4, 0.5) is 5.69 Å². The summed E-state index contributed by atoms with van der Waals surface area (Å²) in [7, 11) is 0. The van der Waals surface area contributed by atoms with Gasteiger partial charge in [0.25, 0.3) is 0 Å². The normalized spacial score (nSPS) is 17.4. The van der Waals surface area contributed by atoms with Crippen LogP contribution in [0.15, 0.2) is 44.9 Å². The smallest absolute Gasteiger partial charge is 0.326 e. The molecule has 2 heterocycles.